The number of rotatable bonds is 1. The van der Waals surface area contributed by atoms with Gasteiger partial charge in [0.05, 0.1) is 28.2 Å². The molecule has 0 spiro atoms. The van der Waals surface area contributed by atoms with Gasteiger partial charge in [0.2, 0.25) is 0 Å². The third kappa shape index (κ3) is 4.18. The maximum Gasteiger partial charge on any atom is 0.392 e. The summed E-state index contributed by atoms with van der Waals surface area (Å²) in [7, 11) is 9.72. The van der Waals surface area contributed by atoms with E-state index < -0.39 is 0 Å². The Morgan fingerprint density at radius 2 is 1.67 bits per heavy atom. The van der Waals surface area contributed by atoms with E-state index in [-0.39, 0.29) is 0 Å². The number of hydrogen-bond donors (Lipinski definition) is 1. The molecule has 0 unspecified atom stereocenters. The molecule has 0 aromatic heterocycles. The molecule has 0 aliphatic heterocycles. The number of nitrogens with zero attached hydrogens (tertiary/aromatic N) is 4. The van der Waals surface area contributed by atoms with Crippen LogP contribution in [0.2, 0.25) is 0 Å². The minimum atomic E-state index is 0.347. The minimum absolute atomic E-state index is 0.347. The largest absolute Gasteiger partial charge is 0.392 e. The lowest BCUT2D eigenvalue weighted by molar-refractivity contribution is -0.470. The van der Waals surface area contributed by atoms with E-state index in [0.717, 1.165) is 5.96 Å². The Bertz CT molecular complexity index is 261. The fourth-order valence-electron chi connectivity index (χ4n) is 1.05. The SMILES string of the molecule is CC(C)N(C)C(N)=NC(N(C)C)=[N+](C)C. The number of hydrogen-bond acceptors (Lipinski definition) is 0. The molecule has 0 bridgehead atoms. The topological polar surface area (TPSA) is 47.9 Å². The summed E-state index contributed by atoms with van der Waals surface area (Å²) in [5.74, 6) is 1.36. The predicted molar refractivity (Wildman–Crippen MR) is 65.3 cm³/mol. The molecule has 15 heavy (non-hydrogen) atoms. The predicted octanol–water partition coefficient (Wildman–Crippen LogP) is -0.169. The van der Waals surface area contributed by atoms with Crippen molar-refractivity contribution in [3.8, 4) is 0 Å². The molecule has 0 amide bonds. The molecule has 0 saturated carbocycles. The van der Waals surface area contributed by atoms with E-state index in [4.69, 9.17) is 5.73 Å². The van der Waals surface area contributed by atoms with E-state index in [2.05, 4.69) is 18.8 Å². The van der Waals surface area contributed by atoms with Crippen LogP contribution in [0.4, 0.5) is 0 Å². The van der Waals surface area contributed by atoms with Crippen molar-refractivity contribution in [2.24, 2.45) is 10.7 Å². The van der Waals surface area contributed by atoms with Crippen molar-refractivity contribution in [1.82, 2.24) is 9.80 Å². The highest BCUT2D eigenvalue weighted by atomic mass is 15.3. The lowest BCUT2D eigenvalue weighted by Crippen LogP contribution is -2.41. The first kappa shape index (κ1) is 13.7. The molecule has 0 saturated heterocycles. The van der Waals surface area contributed by atoms with Gasteiger partial charge < -0.3 is 10.6 Å². The summed E-state index contributed by atoms with van der Waals surface area (Å²) in [6.45, 7) is 4.15. The van der Waals surface area contributed by atoms with Crippen molar-refractivity contribution in [2.75, 3.05) is 35.2 Å². The Morgan fingerprint density at radius 1 is 1.20 bits per heavy atom. The van der Waals surface area contributed by atoms with Crippen molar-refractivity contribution in [3.63, 3.8) is 0 Å². The van der Waals surface area contributed by atoms with Crippen molar-refractivity contribution < 1.29 is 4.58 Å². The first-order chi connectivity index (χ1) is 6.77. The fourth-order valence-corrected chi connectivity index (χ4v) is 1.05. The van der Waals surface area contributed by atoms with Crippen LogP contribution >= 0.6 is 0 Å². The molecule has 0 radical (unpaired) electrons. The molecule has 88 valence electrons. The Hall–Kier alpha value is -1.26. The lowest BCUT2D eigenvalue weighted by atomic mass is 10.4. The summed E-state index contributed by atoms with van der Waals surface area (Å²) < 4.78 is 1.93. The molecular formula is C10H24N5+. The summed E-state index contributed by atoms with van der Waals surface area (Å²) in [6.07, 6.45) is 0. The maximum absolute atomic E-state index is 5.90. The third-order valence-electron chi connectivity index (χ3n) is 2.15. The number of guanidine groups is 2. The first-order valence-electron chi connectivity index (χ1n) is 5.06. The van der Waals surface area contributed by atoms with Gasteiger partial charge in [-0.1, -0.05) is 0 Å². The third-order valence-corrected chi connectivity index (χ3v) is 2.15. The zero-order valence-electron chi connectivity index (χ0n) is 10.9. The summed E-state index contributed by atoms with van der Waals surface area (Å²) in [4.78, 5) is 8.25. The average Bonchev–Trinajstić information content (AvgIpc) is 2.11. The maximum atomic E-state index is 5.90. The normalized spacial score (nSPS) is 11.6. The standard InChI is InChI=1S/C10H23N5/c1-8(2)15(7)9(11)12-10(13(3)4)14(5)6/h8,11H,1-7H3/p+1. The smallest absolute Gasteiger partial charge is 0.355 e. The zero-order valence-corrected chi connectivity index (χ0v) is 10.9. The van der Waals surface area contributed by atoms with Crippen LogP contribution in [-0.2, 0) is 0 Å². The molecule has 5 nitrogen and oxygen atoms in total. The van der Waals surface area contributed by atoms with E-state index in [1.807, 2.05) is 49.6 Å². The van der Waals surface area contributed by atoms with Gasteiger partial charge in [0.1, 0.15) is 0 Å². The van der Waals surface area contributed by atoms with Gasteiger partial charge in [0.25, 0.3) is 5.96 Å². The highest BCUT2D eigenvalue weighted by Gasteiger charge is 2.16. The van der Waals surface area contributed by atoms with Gasteiger partial charge >= 0.3 is 5.96 Å². The highest BCUT2D eigenvalue weighted by molar-refractivity contribution is 5.91. The fraction of sp³-hybridized carbons (Fsp3) is 0.800. The summed E-state index contributed by atoms with van der Waals surface area (Å²) >= 11 is 0. The molecule has 0 rings (SSSR count). The molecule has 0 aliphatic carbocycles. The molecule has 5 heteroatoms. The molecular weight excluding hydrogens is 190 g/mol. The number of aliphatic imine (C=N–C) groups is 1. The minimum Gasteiger partial charge on any atom is -0.355 e. The Balaban J connectivity index is 4.94. The second-order valence-corrected chi connectivity index (χ2v) is 4.26. The zero-order chi connectivity index (χ0) is 12.2. The highest BCUT2D eigenvalue weighted by Crippen LogP contribution is 1.94. The van der Waals surface area contributed by atoms with Crippen LogP contribution in [0.3, 0.4) is 0 Å². The van der Waals surface area contributed by atoms with Crippen LogP contribution in [0.25, 0.3) is 0 Å². The van der Waals surface area contributed by atoms with Gasteiger partial charge in [-0.2, -0.15) is 0 Å². The van der Waals surface area contributed by atoms with E-state index in [1.165, 1.54) is 0 Å². The molecule has 0 aromatic rings. The monoisotopic (exact) mass is 214 g/mol. The van der Waals surface area contributed by atoms with Gasteiger partial charge in [-0.3, -0.25) is 9.48 Å². The van der Waals surface area contributed by atoms with Gasteiger partial charge in [-0.25, -0.2) is 0 Å². The average molecular weight is 214 g/mol. The Labute approximate surface area is 92.9 Å². The van der Waals surface area contributed by atoms with Crippen molar-refractivity contribution in [2.45, 2.75) is 19.9 Å². The van der Waals surface area contributed by atoms with Crippen molar-refractivity contribution in [1.29, 1.82) is 0 Å². The molecule has 0 aliphatic rings. The molecule has 0 atom stereocenters. The van der Waals surface area contributed by atoms with E-state index in [9.17, 15) is 0 Å². The van der Waals surface area contributed by atoms with E-state index >= 15 is 0 Å². The summed E-state index contributed by atoms with van der Waals surface area (Å²) in [5, 5.41) is 0. The van der Waals surface area contributed by atoms with Crippen LogP contribution in [0, 0.1) is 0 Å². The number of nitrogens with two attached hydrogens (primary N) is 1. The van der Waals surface area contributed by atoms with Gasteiger partial charge in [-0.15, -0.1) is 0 Å². The van der Waals surface area contributed by atoms with Gasteiger partial charge in [0.15, 0.2) is 0 Å². The van der Waals surface area contributed by atoms with E-state index in [0.29, 0.717) is 12.0 Å². The lowest BCUT2D eigenvalue weighted by Gasteiger charge is -2.20. The van der Waals surface area contributed by atoms with Crippen LogP contribution in [0.5, 0.6) is 0 Å². The second kappa shape index (κ2) is 5.58. The van der Waals surface area contributed by atoms with Crippen molar-refractivity contribution >= 4 is 11.9 Å². The molecule has 0 aromatic carbocycles. The Morgan fingerprint density at radius 3 is 1.93 bits per heavy atom. The quantitative estimate of drug-likeness (QED) is 0.374. The van der Waals surface area contributed by atoms with Gasteiger partial charge in [0, 0.05) is 13.1 Å². The molecule has 2 N–H and O–H groups in total. The second-order valence-electron chi connectivity index (χ2n) is 4.26. The summed E-state index contributed by atoms with van der Waals surface area (Å²) in [6, 6.07) is 0.347. The molecule has 0 heterocycles. The summed E-state index contributed by atoms with van der Waals surface area (Å²) in [5.41, 5.74) is 5.90. The van der Waals surface area contributed by atoms with Crippen molar-refractivity contribution in [3.05, 3.63) is 0 Å². The van der Waals surface area contributed by atoms with Crippen LogP contribution in [0.1, 0.15) is 13.8 Å². The Kier molecular flexibility index (Phi) is 5.11. The van der Waals surface area contributed by atoms with Crippen LogP contribution in [0.15, 0.2) is 4.99 Å². The van der Waals surface area contributed by atoms with Gasteiger partial charge in [-0.05, 0) is 18.8 Å². The van der Waals surface area contributed by atoms with Crippen LogP contribution < -0.4 is 5.73 Å². The van der Waals surface area contributed by atoms with Crippen LogP contribution in [-0.4, -0.2) is 67.6 Å². The first-order valence-corrected chi connectivity index (χ1v) is 5.06. The molecule has 0 fully saturated rings. The van der Waals surface area contributed by atoms with E-state index in [1.54, 1.807) is 0 Å².